The van der Waals surface area contributed by atoms with Gasteiger partial charge in [0.2, 0.25) is 5.91 Å². The largest absolute Gasteiger partial charge is 0.466 e. The van der Waals surface area contributed by atoms with Crippen LogP contribution in [0.4, 0.5) is 5.82 Å². The molecule has 0 bridgehead atoms. The lowest BCUT2D eigenvalue weighted by Gasteiger charge is -2.33. The molecule has 1 N–H and O–H groups in total. The molecule has 2 heterocycles. The molecule has 154 valence electrons. The molecule has 7 nitrogen and oxygen atoms in total. The maximum Gasteiger partial charge on any atom is 0.307 e. The first-order valence-electron chi connectivity index (χ1n) is 9.89. The lowest BCUT2D eigenvalue weighted by atomic mass is 9.97. The van der Waals surface area contributed by atoms with Gasteiger partial charge in [0.25, 0.3) is 0 Å². The number of rotatable bonds is 8. The molecule has 0 aliphatic carbocycles. The molecule has 29 heavy (non-hydrogen) atoms. The first-order chi connectivity index (χ1) is 14.2. The van der Waals surface area contributed by atoms with Crippen molar-refractivity contribution < 1.29 is 14.3 Å². The first-order valence-corrected chi connectivity index (χ1v) is 10.7. The quantitative estimate of drug-likeness (QED) is 0.665. The summed E-state index contributed by atoms with van der Waals surface area (Å²) in [5.41, 5.74) is 0. The highest BCUT2D eigenvalue weighted by atomic mass is 32.2. The molecule has 3 rings (SSSR count). The second-order valence-corrected chi connectivity index (χ2v) is 7.79. The van der Waals surface area contributed by atoms with Gasteiger partial charge < -0.3 is 15.0 Å². The Labute approximate surface area is 175 Å². The molecule has 2 aromatic rings. The minimum absolute atomic E-state index is 0.0276. The second kappa shape index (κ2) is 10.8. The van der Waals surface area contributed by atoms with Crippen LogP contribution < -0.4 is 10.2 Å². The van der Waals surface area contributed by atoms with Crippen molar-refractivity contribution in [3.05, 3.63) is 42.7 Å². The molecule has 0 spiro atoms. The molecule has 0 unspecified atom stereocenters. The van der Waals surface area contributed by atoms with Crippen molar-refractivity contribution in [2.45, 2.75) is 36.1 Å². The van der Waals surface area contributed by atoms with Crippen molar-refractivity contribution in [2.24, 2.45) is 5.92 Å². The molecule has 1 fully saturated rings. The van der Waals surface area contributed by atoms with Crippen LogP contribution in [0.2, 0.25) is 0 Å². The van der Waals surface area contributed by atoms with Gasteiger partial charge in [-0.15, -0.1) is 0 Å². The molecular formula is C21H26N4O3S. The number of aromatic nitrogens is 2. The standard InChI is InChI=1S/C21H26N4O3S/c1-2-28-18(26)10-11-23-20(27)16-7-6-14-25(15-16)19-21(24-13-12-22-19)29-17-8-4-3-5-9-17/h3-5,8-9,12-13,16H,2,6-7,10-11,14-15H2,1H3,(H,23,27)/t16-/m0/s1. The topological polar surface area (TPSA) is 84.4 Å². The summed E-state index contributed by atoms with van der Waals surface area (Å²) < 4.78 is 4.89. The van der Waals surface area contributed by atoms with E-state index in [2.05, 4.69) is 20.2 Å². The molecule has 1 amide bonds. The molecule has 1 atom stereocenters. The van der Waals surface area contributed by atoms with Crippen LogP contribution in [0, 0.1) is 5.92 Å². The van der Waals surface area contributed by atoms with Crippen LogP contribution >= 0.6 is 11.8 Å². The Morgan fingerprint density at radius 1 is 1.24 bits per heavy atom. The van der Waals surface area contributed by atoms with E-state index in [4.69, 9.17) is 4.74 Å². The summed E-state index contributed by atoms with van der Waals surface area (Å²) >= 11 is 1.57. The van der Waals surface area contributed by atoms with E-state index in [0.717, 1.165) is 35.1 Å². The van der Waals surface area contributed by atoms with E-state index < -0.39 is 0 Å². The van der Waals surface area contributed by atoms with E-state index in [9.17, 15) is 9.59 Å². The zero-order valence-corrected chi connectivity index (χ0v) is 17.4. The number of piperidine rings is 1. The monoisotopic (exact) mass is 414 g/mol. The molecule has 1 aliphatic rings. The Kier molecular flexibility index (Phi) is 7.86. The number of ether oxygens (including phenoxy) is 1. The van der Waals surface area contributed by atoms with Gasteiger partial charge in [0.05, 0.1) is 18.9 Å². The average molecular weight is 415 g/mol. The summed E-state index contributed by atoms with van der Waals surface area (Å²) in [5.74, 6) is 0.355. The van der Waals surface area contributed by atoms with E-state index in [-0.39, 0.29) is 24.2 Å². The first kappa shape index (κ1) is 21.1. The van der Waals surface area contributed by atoms with Crippen molar-refractivity contribution in [3.8, 4) is 0 Å². The molecular weight excluding hydrogens is 388 g/mol. The zero-order valence-electron chi connectivity index (χ0n) is 16.5. The van der Waals surface area contributed by atoms with E-state index in [1.165, 1.54) is 0 Å². The summed E-state index contributed by atoms with van der Waals surface area (Å²) in [7, 11) is 0. The third-order valence-corrected chi connectivity index (χ3v) is 5.62. The van der Waals surface area contributed by atoms with Gasteiger partial charge in [0.15, 0.2) is 5.82 Å². The van der Waals surface area contributed by atoms with Crippen LogP contribution in [0.5, 0.6) is 0 Å². The highest BCUT2D eigenvalue weighted by molar-refractivity contribution is 7.99. The summed E-state index contributed by atoms with van der Waals surface area (Å²) in [6.07, 6.45) is 5.30. The fourth-order valence-electron chi connectivity index (χ4n) is 3.26. The van der Waals surface area contributed by atoms with Crippen LogP contribution in [0.3, 0.4) is 0 Å². The number of carbonyl (C=O) groups excluding carboxylic acids is 2. The number of carbonyl (C=O) groups is 2. The lowest BCUT2D eigenvalue weighted by Crippen LogP contribution is -2.44. The summed E-state index contributed by atoms with van der Waals surface area (Å²) in [4.78, 5) is 36.3. The number of amides is 1. The van der Waals surface area contributed by atoms with Gasteiger partial charge in [0.1, 0.15) is 5.03 Å². The van der Waals surface area contributed by atoms with Crippen LogP contribution in [0.1, 0.15) is 26.2 Å². The Morgan fingerprint density at radius 2 is 2.03 bits per heavy atom. The van der Waals surface area contributed by atoms with Gasteiger partial charge in [-0.1, -0.05) is 30.0 Å². The van der Waals surface area contributed by atoms with Gasteiger partial charge >= 0.3 is 5.97 Å². The van der Waals surface area contributed by atoms with Crippen LogP contribution in [-0.2, 0) is 14.3 Å². The van der Waals surface area contributed by atoms with Crippen LogP contribution in [-0.4, -0.2) is 48.1 Å². The minimum atomic E-state index is -0.291. The van der Waals surface area contributed by atoms with Gasteiger partial charge in [-0.2, -0.15) is 0 Å². The number of nitrogens with zero attached hydrogens (tertiary/aromatic N) is 3. The van der Waals surface area contributed by atoms with Gasteiger partial charge in [0, 0.05) is 36.9 Å². The van der Waals surface area contributed by atoms with Gasteiger partial charge in [-0.3, -0.25) is 9.59 Å². The molecule has 0 radical (unpaired) electrons. The van der Waals surface area contributed by atoms with E-state index in [1.807, 2.05) is 30.3 Å². The zero-order chi connectivity index (χ0) is 20.5. The van der Waals surface area contributed by atoms with Crippen molar-refractivity contribution >= 4 is 29.5 Å². The summed E-state index contributed by atoms with van der Waals surface area (Å²) in [5, 5.41) is 3.70. The highest BCUT2D eigenvalue weighted by Crippen LogP contribution is 2.33. The fraction of sp³-hybridized carbons (Fsp3) is 0.429. The second-order valence-electron chi connectivity index (χ2n) is 6.73. The van der Waals surface area contributed by atoms with Crippen molar-refractivity contribution in [1.82, 2.24) is 15.3 Å². The number of nitrogens with one attached hydrogen (secondary N) is 1. The van der Waals surface area contributed by atoms with E-state index >= 15 is 0 Å². The fourth-order valence-corrected chi connectivity index (χ4v) is 4.16. The van der Waals surface area contributed by atoms with E-state index in [0.29, 0.717) is 19.7 Å². The molecule has 1 aromatic carbocycles. The van der Waals surface area contributed by atoms with Gasteiger partial charge in [-0.05, 0) is 31.9 Å². The Hall–Kier alpha value is -2.61. The molecule has 8 heteroatoms. The molecule has 1 aliphatic heterocycles. The predicted molar refractivity (Wildman–Crippen MR) is 112 cm³/mol. The molecule has 0 saturated carbocycles. The van der Waals surface area contributed by atoms with Crippen LogP contribution in [0.25, 0.3) is 0 Å². The third kappa shape index (κ3) is 6.19. The predicted octanol–water partition coefficient (Wildman–Crippen LogP) is 2.91. The number of anilines is 1. The van der Waals surface area contributed by atoms with Crippen molar-refractivity contribution in [3.63, 3.8) is 0 Å². The number of esters is 1. The van der Waals surface area contributed by atoms with Gasteiger partial charge in [-0.25, -0.2) is 9.97 Å². The third-order valence-electron chi connectivity index (χ3n) is 4.63. The Bertz CT molecular complexity index is 819. The van der Waals surface area contributed by atoms with E-state index in [1.54, 1.807) is 31.1 Å². The van der Waals surface area contributed by atoms with Crippen LogP contribution in [0.15, 0.2) is 52.6 Å². The Balaban J connectivity index is 1.60. The minimum Gasteiger partial charge on any atom is -0.466 e. The lowest BCUT2D eigenvalue weighted by molar-refractivity contribution is -0.143. The normalized spacial score (nSPS) is 16.3. The highest BCUT2D eigenvalue weighted by Gasteiger charge is 2.28. The Morgan fingerprint density at radius 3 is 2.83 bits per heavy atom. The maximum atomic E-state index is 12.6. The smallest absolute Gasteiger partial charge is 0.307 e. The average Bonchev–Trinajstić information content (AvgIpc) is 2.75. The number of benzene rings is 1. The maximum absolute atomic E-state index is 12.6. The van der Waals surface area contributed by atoms with Crippen molar-refractivity contribution in [2.75, 3.05) is 31.1 Å². The molecule has 1 aromatic heterocycles. The number of hydrogen-bond donors (Lipinski definition) is 1. The summed E-state index contributed by atoms with van der Waals surface area (Å²) in [6, 6.07) is 10.1. The molecule has 1 saturated heterocycles. The summed E-state index contributed by atoms with van der Waals surface area (Å²) in [6.45, 7) is 3.85. The number of hydrogen-bond acceptors (Lipinski definition) is 7. The SMILES string of the molecule is CCOC(=O)CCNC(=O)[C@H]1CCCN(c2nccnc2Sc2ccccc2)C1. The van der Waals surface area contributed by atoms with Crippen molar-refractivity contribution in [1.29, 1.82) is 0 Å².